The van der Waals surface area contributed by atoms with E-state index in [0.717, 1.165) is 6.80 Å². The first-order valence-electron chi connectivity index (χ1n) is 2.76. The molecule has 8 heavy (non-hydrogen) atoms. The van der Waals surface area contributed by atoms with Crippen LogP contribution in [-0.2, 0) is 32.7 Å². The van der Waals surface area contributed by atoms with Crippen molar-refractivity contribution >= 4 is 7.85 Å². The third-order valence-corrected chi connectivity index (χ3v) is 0. The second-order valence-corrected chi connectivity index (χ2v) is 2.56. The van der Waals surface area contributed by atoms with Crippen molar-refractivity contribution in [2.75, 3.05) is 0 Å². The van der Waals surface area contributed by atoms with Gasteiger partial charge < -0.3 is 13.7 Å². The maximum Gasteiger partial charge on any atom is 0 e. The standard InChI is InChI=1S/C5H11.CH2B.Y/c1-5(2,3)4;1-2;/h1H2,2-4H3;1H2;/q2*-1;/i;1D;. The van der Waals surface area contributed by atoms with Gasteiger partial charge in [-0.05, 0) is 0 Å². The molecule has 0 aromatic heterocycles. The molecule has 3 radical (unpaired) electrons. The van der Waals surface area contributed by atoms with Gasteiger partial charge in [-0.3, -0.25) is 0 Å². The van der Waals surface area contributed by atoms with Crippen LogP contribution in [0, 0.1) is 19.1 Å². The van der Waals surface area contributed by atoms with Gasteiger partial charge in [-0.2, -0.15) is 13.3 Å². The van der Waals surface area contributed by atoms with E-state index in [4.69, 9.17) is 1.37 Å². The summed E-state index contributed by atoms with van der Waals surface area (Å²) in [4.78, 5) is 0. The molecule has 0 unspecified atom stereocenters. The second kappa shape index (κ2) is 8.17. The molecule has 0 rings (SSSR count). The fourth-order valence-corrected chi connectivity index (χ4v) is 0. The quantitative estimate of drug-likeness (QED) is 0.399. The minimum Gasteiger partial charge on any atom is -0.382 e. The number of hydrogen-bond donors (Lipinski definition) is 0. The molecule has 0 heterocycles. The van der Waals surface area contributed by atoms with Gasteiger partial charge in [0.1, 0.15) is 0 Å². The molecule has 0 saturated heterocycles. The molecule has 2 heteroatoms. The Balaban J connectivity index is -0.0000000800. The Bertz CT molecular complexity index is 36.8. The van der Waals surface area contributed by atoms with Gasteiger partial charge in [-0.15, -0.1) is 0 Å². The topological polar surface area (TPSA) is 0 Å². The third-order valence-electron chi connectivity index (χ3n) is 0. The predicted molar refractivity (Wildman–Crippen MR) is 35.9 cm³/mol. The molecular formula is C6H13BY-2. The molecule has 0 aliphatic rings. The molecule has 0 spiro atoms. The molecular weight excluding hydrogens is 172 g/mol. The van der Waals surface area contributed by atoms with Crippen LogP contribution >= 0.6 is 0 Å². The van der Waals surface area contributed by atoms with E-state index in [2.05, 4.69) is 35.5 Å². The van der Waals surface area contributed by atoms with Crippen LogP contribution in [0.15, 0.2) is 0 Å². The first-order chi connectivity index (χ1) is 3.41. The van der Waals surface area contributed by atoms with Gasteiger partial charge in [0.15, 0.2) is 0 Å². The van der Waals surface area contributed by atoms with Gasteiger partial charge in [-0.1, -0.05) is 20.8 Å². The van der Waals surface area contributed by atoms with Gasteiger partial charge in [0.05, 0.1) is 0 Å². The Morgan fingerprint density at radius 1 is 1.50 bits per heavy atom. The first kappa shape index (κ1) is 11.9. The van der Waals surface area contributed by atoms with Crippen LogP contribution in [0.3, 0.4) is 0 Å². The van der Waals surface area contributed by atoms with Crippen LogP contribution in [-0.4, -0.2) is 7.85 Å². The zero-order chi connectivity index (χ0) is 7.21. The fourth-order valence-electron chi connectivity index (χ4n) is 0. The number of rotatable bonds is 0. The van der Waals surface area contributed by atoms with Crippen molar-refractivity contribution in [1.29, 1.82) is 0 Å². The summed E-state index contributed by atoms with van der Waals surface area (Å²) in [5.41, 5.74) is 0.250. The van der Waals surface area contributed by atoms with Gasteiger partial charge in [-0.25, -0.2) is 1.37 Å². The van der Waals surface area contributed by atoms with Crippen molar-refractivity contribution in [1.82, 2.24) is 0 Å². The van der Waals surface area contributed by atoms with Crippen LogP contribution in [0.1, 0.15) is 22.1 Å². The van der Waals surface area contributed by atoms with Crippen molar-refractivity contribution in [2.24, 2.45) is 5.41 Å². The predicted octanol–water partition coefficient (Wildman–Crippen LogP) is 1.81. The van der Waals surface area contributed by atoms with Gasteiger partial charge >= 0.3 is 0 Å². The molecule has 0 aromatic carbocycles. The van der Waals surface area contributed by atoms with Gasteiger partial charge in [0, 0.05) is 32.7 Å². The average Bonchev–Trinajstić information content (AvgIpc) is 1.27. The molecule has 0 aliphatic heterocycles. The Morgan fingerprint density at radius 3 is 1.50 bits per heavy atom. The van der Waals surface area contributed by atoms with Crippen molar-refractivity contribution in [3.63, 3.8) is 0 Å². The second-order valence-electron chi connectivity index (χ2n) is 2.56. The summed E-state index contributed by atoms with van der Waals surface area (Å²) < 4.78 is 5.86. The Hall–Kier alpha value is 1.17. The largest absolute Gasteiger partial charge is 0.382 e. The van der Waals surface area contributed by atoms with Crippen LogP contribution in [0.25, 0.3) is 0 Å². The van der Waals surface area contributed by atoms with Crippen LogP contribution in [0.4, 0.5) is 0 Å². The summed E-state index contributed by atoms with van der Waals surface area (Å²) >= 11 is 0. The minimum atomic E-state index is 0. The molecule has 45 valence electrons. The molecule has 0 bridgehead atoms. The fraction of sp³-hybridized carbons (Fsp3) is 0.667. The molecule has 0 N–H and O–H groups in total. The number of hydrogen-bond acceptors (Lipinski definition) is 0. The first-order valence-corrected chi connectivity index (χ1v) is 2.19. The third kappa shape index (κ3) is 200. The van der Waals surface area contributed by atoms with Crippen molar-refractivity contribution in [3.05, 3.63) is 13.7 Å². The summed E-state index contributed by atoms with van der Waals surface area (Å²) in [7, 11) is 4.39. The maximum absolute atomic E-state index is 5.86. The molecule has 0 aromatic rings. The summed E-state index contributed by atoms with van der Waals surface area (Å²) in [6.45, 7) is 10.8. The van der Waals surface area contributed by atoms with E-state index in [9.17, 15) is 0 Å². The Morgan fingerprint density at radius 2 is 1.50 bits per heavy atom. The summed E-state index contributed by atoms with van der Waals surface area (Å²) in [5.74, 6) is 0. The summed E-state index contributed by atoms with van der Waals surface area (Å²) in [6, 6.07) is 0. The van der Waals surface area contributed by atoms with E-state index < -0.39 is 0 Å². The molecule has 0 atom stereocenters. The van der Waals surface area contributed by atoms with E-state index in [1.807, 2.05) is 0 Å². The molecule has 0 amide bonds. The van der Waals surface area contributed by atoms with Gasteiger partial charge in [0.25, 0.3) is 0 Å². The van der Waals surface area contributed by atoms with Crippen LogP contribution in [0.2, 0.25) is 0 Å². The Kier molecular flexibility index (Phi) is 12.2. The van der Waals surface area contributed by atoms with E-state index in [0.29, 0.717) is 0 Å². The maximum atomic E-state index is 5.86. The zero-order valence-electron chi connectivity index (χ0n) is 6.94. The van der Waals surface area contributed by atoms with E-state index in [-0.39, 0.29) is 38.1 Å². The van der Waals surface area contributed by atoms with Crippen molar-refractivity contribution < 1.29 is 34.1 Å². The zero-order valence-corrected chi connectivity index (χ0v) is 8.78. The molecule has 0 aliphatic carbocycles. The van der Waals surface area contributed by atoms with Crippen LogP contribution < -0.4 is 0 Å². The monoisotopic (exact) mass is 186 g/mol. The summed E-state index contributed by atoms with van der Waals surface area (Å²) in [6.07, 6.45) is 0. The molecule has 0 fully saturated rings. The van der Waals surface area contributed by atoms with E-state index >= 15 is 0 Å². The molecule has 0 saturated carbocycles. The average molecular weight is 186 g/mol. The summed E-state index contributed by atoms with van der Waals surface area (Å²) in [5, 5.41) is 0. The van der Waals surface area contributed by atoms with Crippen molar-refractivity contribution in [2.45, 2.75) is 20.8 Å². The van der Waals surface area contributed by atoms with Crippen molar-refractivity contribution in [3.8, 4) is 0 Å². The Labute approximate surface area is 81.5 Å². The van der Waals surface area contributed by atoms with Crippen LogP contribution in [0.5, 0.6) is 0 Å². The van der Waals surface area contributed by atoms with E-state index in [1.54, 1.807) is 0 Å². The minimum absolute atomic E-state index is 0. The SMILES string of the molecule is [2H][CH-][B].[CH2-]C(C)(C)C.[Y]. The normalized spacial score (nSPS) is 9.75. The smallest absolute Gasteiger partial charge is 0 e. The van der Waals surface area contributed by atoms with Gasteiger partial charge in [0.2, 0.25) is 0 Å². The van der Waals surface area contributed by atoms with E-state index in [1.165, 1.54) is 0 Å². The molecule has 0 nitrogen and oxygen atoms in total.